The van der Waals surface area contributed by atoms with Crippen molar-refractivity contribution >= 4 is 64.3 Å². The maximum Gasteiger partial charge on any atom is 0.416 e. The molecule has 6 aliphatic heterocycles. The molecule has 9 rings (SSSR count). The number of amides is 8. The molecule has 2 N–H and O–H groups in total. The zero-order chi connectivity index (χ0) is 43.2. The largest absolute Gasteiger partial charge is 0.416 e. The molecule has 7 heterocycles. The third-order valence-corrected chi connectivity index (χ3v) is 11.6. The molecule has 4 unspecified atom stereocenters. The molecule has 8 amide bonds. The summed E-state index contributed by atoms with van der Waals surface area (Å²) in [7, 11) is 0. The summed E-state index contributed by atoms with van der Waals surface area (Å²) in [6, 6.07) is 7.37. The Morgan fingerprint density at radius 1 is 0.717 bits per heavy atom. The molecular weight excluding hydrogens is 821 g/mol. The molecular formula is C39H37F6N9O5S. The highest BCUT2D eigenvalue weighted by molar-refractivity contribution is 7.80. The Kier molecular flexibility index (Phi) is 9.74. The molecule has 4 bridgehead atoms. The Hall–Kier alpha value is -5.99. The van der Waals surface area contributed by atoms with E-state index in [4.69, 9.17) is 12.2 Å². The standard InChI is InChI=1S/C20H16F3N5O2S.C19H21F3N4O3/c21-20(22,23)11-3-1-5-13(7-11)28-17(29)16-15-8-14(27(16)19(28)30)10-26(15)18(31)25-12-4-2-6-24-9-12;1-18(2,3)23-16(28)24-9-12-8-13(24)14-15(27)26(17(29)25(12)14)11-6-4-5-10(7-11)19(20,21)22/h1-7,9,14-16H,8,10H2,(H,25,31);4-7,12-14H,8-9H2,1-3H3,(H,23,28)/t14?,15?,16-;12?,13?,14-/m11/s1. The van der Waals surface area contributed by atoms with E-state index in [1.807, 2.05) is 25.7 Å². The van der Waals surface area contributed by atoms with E-state index >= 15 is 0 Å². The highest BCUT2D eigenvalue weighted by Gasteiger charge is 2.64. The predicted molar refractivity (Wildman–Crippen MR) is 206 cm³/mol. The maximum atomic E-state index is 13.2. The van der Waals surface area contributed by atoms with Crippen LogP contribution in [0.5, 0.6) is 0 Å². The smallest absolute Gasteiger partial charge is 0.341 e. The van der Waals surface area contributed by atoms with Gasteiger partial charge in [-0.15, -0.1) is 0 Å². The van der Waals surface area contributed by atoms with Crippen LogP contribution in [-0.4, -0.2) is 114 Å². The molecule has 6 fully saturated rings. The van der Waals surface area contributed by atoms with E-state index in [9.17, 15) is 50.3 Å². The summed E-state index contributed by atoms with van der Waals surface area (Å²) in [5.74, 6) is -1.14. The van der Waals surface area contributed by atoms with Gasteiger partial charge >= 0.3 is 30.4 Å². The second kappa shape index (κ2) is 14.3. The molecule has 0 spiro atoms. The van der Waals surface area contributed by atoms with Crippen LogP contribution in [0.2, 0.25) is 0 Å². The number of piperazine rings is 2. The van der Waals surface area contributed by atoms with Crippen LogP contribution in [0.3, 0.4) is 0 Å². The van der Waals surface area contributed by atoms with Crippen LogP contribution < -0.4 is 20.4 Å². The van der Waals surface area contributed by atoms with Gasteiger partial charge in [0, 0.05) is 24.8 Å². The van der Waals surface area contributed by atoms with Crippen molar-refractivity contribution in [2.24, 2.45) is 0 Å². The van der Waals surface area contributed by atoms with Crippen molar-refractivity contribution in [2.75, 3.05) is 28.2 Å². The molecule has 60 heavy (non-hydrogen) atoms. The van der Waals surface area contributed by atoms with Gasteiger partial charge in [0.05, 0.1) is 58.6 Å². The number of benzene rings is 2. The number of aromatic nitrogens is 1. The van der Waals surface area contributed by atoms with Crippen LogP contribution in [0.4, 0.5) is 57.8 Å². The maximum absolute atomic E-state index is 13.2. The van der Waals surface area contributed by atoms with Crippen molar-refractivity contribution in [3.8, 4) is 0 Å². The summed E-state index contributed by atoms with van der Waals surface area (Å²) in [6.45, 7) is 6.25. The topological polar surface area (TPSA) is 142 Å². The zero-order valence-electron chi connectivity index (χ0n) is 32.1. The number of alkyl halides is 6. The number of halogens is 6. The third kappa shape index (κ3) is 7.00. The number of fused-ring (bicyclic) bond motifs is 10. The summed E-state index contributed by atoms with van der Waals surface area (Å²) < 4.78 is 78.4. The van der Waals surface area contributed by atoms with Crippen molar-refractivity contribution in [1.82, 2.24) is 29.9 Å². The monoisotopic (exact) mass is 857 g/mol. The first-order valence-electron chi connectivity index (χ1n) is 18.9. The molecule has 2 aromatic carbocycles. The Balaban J connectivity index is 0.000000167. The molecule has 1 aromatic heterocycles. The molecule has 6 aliphatic rings. The number of nitrogens with zero attached hydrogens (tertiary/aromatic N) is 7. The number of rotatable bonds is 3. The fraction of sp³-hybridized carbons (Fsp3) is 0.410. The Morgan fingerprint density at radius 3 is 1.65 bits per heavy atom. The minimum Gasteiger partial charge on any atom is -0.341 e. The SMILES string of the molecule is CC(C)(C)NC(=O)N1CC2CC1[C@@H]1C(=O)N(c3cccc(C(F)(F)F)c3)C(=O)N21.O=C1[C@H]2C3CC(CN3C(=S)Nc3cccnc3)N2C(=O)N1c1cccc(C(F)(F)F)c1. The van der Waals surface area contributed by atoms with Crippen LogP contribution >= 0.6 is 12.2 Å². The van der Waals surface area contributed by atoms with Crippen LogP contribution in [0, 0.1) is 0 Å². The number of hydrogen-bond acceptors (Lipinski definition) is 7. The van der Waals surface area contributed by atoms with E-state index in [1.165, 1.54) is 34.1 Å². The molecule has 14 nitrogen and oxygen atoms in total. The van der Waals surface area contributed by atoms with Crippen LogP contribution in [-0.2, 0) is 21.9 Å². The lowest BCUT2D eigenvalue weighted by Crippen LogP contribution is -2.59. The van der Waals surface area contributed by atoms with Gasteiger partial charge in [-0.3, -0.25) is 14.6 Å². The van der Waals surface area contributed by atoms with E-state index in [2.05, 4.69) is 15.6 Å². The van der Waals surface area contributed by atoms with E-state index in [-0.39, 0.29) is 35.5 Å². The quantitative estimate of drug-likeness (QED) is 0.187. The number of nitrogens with one attached hydrogen (secondary N) is 2. The number of hydrogen-bond donors (Lipinski definition) is 2. The lowest BCUT2D eigenvalue weighted by Gasteiger charge is -2.36. The van der Waals surface area contributed by atoms with E-state index in [0.29, 0.717) is 36.7 Å². The summed E-state index contributed by atoms with van der Waals surface area (Å²) in [6.07, 6.45) is -4.85. The summed E-state index contributed by atoms with van der Waals surface area (Å²) in [4.78, 5) is 76.6. The molecule has 6 saturated heterocycles. The molecule has 316 valence electrons. The van der Waals surface area contributed by atoms with Gasteiger partial charge in [-0.25, -0.2) is 24.2 Å². The number of urea groups is 3. The molecule has 6 atom stereocenters. The molecule has 0 aliphatic carbocycles. The Morgan fingerprint density at radius 2 is 1.20 bits per heavy atom. The van der Waals surface area contributed by atoms with Crippen molar-refractivity contribution in [3.63, 3.8) is 0 Å². The van der Waals surface area contributed by atoms with Gasteiger partial charge in [0.2, 0.25) is 0 Å². The van der Waals surface area contributed by atoms with Crippen LogP contribution in [0.15, 0.2) is 73.1 Å². The number of anilines is 3. The van der Waals surface area contributed by atoms with E-state index in [1.54, 1.807) is 29.4 Å². The van der Waals surface area contributed by atoms with Crippen molar-refractivity contribution in [3.05, 3.63) is 84.2 Å². The second-order valence-corrected chi connectivity index (χ2v) is 16.7. The zero-order valence-corrected chi connectivity index (χ0v) is 32.9. The Bertz CT molecular complexity index is 2290. The fourth-order valence-corrected chi connectivity index (χ4v) is 9.25. The summed E-state index contributed by atoms with van der Waals surface area (Å²) in [5, 5.41) is 6.35. The third-order valence-electron chi connectivity index (χ3n) is 11.3. The lowest BCUT2D eigenvalue weighted by molar-refractivity contribution is -0.138. The lowest BCUT2D eigenvalue weighted by atomic mass is 10.1. The van der Waals surface area contributed by atoms with Gasteiger partial charge in [0.1, 0.15) is 12.1 Å². The van der Waals surface area contributed by atoms with Gasteiger partial charge in [-0.2, -0.15) is 26.3 Å². The number of carbonyl (C=O) groups excluding carboxylic acids is 5. The first-order valence-corrected chi connectivity index (χ1v) is 19.3. The fourth-order valence-electron chi connectivity index (χ4n) is 8.92. The summed E-state index contributed by atoms with van der Waals surface area (Å²) in [5.41, 5.74) is -1.80. The highest BCUT2D eigenvalue weighted by Crippen LogP contribution is 2.45. The Labute approximate surface area is 344 Å². The van der Waals surface area contributed by atoms with Gasteiger partial charge < -0.3 is 30.2 Å². The van der Waals surface area contributed by atoms with Crippen LogP contribution in [0.25, 0.3) is 0 Å². The van der Waals surface area contributed by atoms with Gasteiger partial charge in [0.25, 0.3) is 11.8 Å². The normalized spacial score (nSPS) is 25.6. The summed E-state index contributed by atoms with van der Waals surface area (Å²) >= 11 is 5.50. The van der Waals surface area contributed by atoms with Crippen molar-refractivity contribution < 1.29 is 50.3 Å². The number of likely N-dealkylation sites (tertiary alicyclic amines) is 2. The number of pyridine rings is 1. The van der Waals surface area contributed by atoms with Crippen molar-refractivity contribution in [1.29, 1.82) is 0 Å². The second-order valence-electron chi connectivity index (χ2n) is 16.3. The molecule has 3 aromatic rings. The van der Waals surface area contributed by atoms with E-state index in [0.717, 1.165) is 34.1 Å². The minimum absolute atomic E-state index is 0.0822. The number of carbonyl (C=O) groups is 5. The average Bonchev–Trinajstić information content (AvgIpc) is 4.02. The molecule has 21 heteroatoms. The number of thiocarbonyl (C=S) groups is 1. The van der Waals surface area contributed by atoms with Gasteiger partial charge in [-0.05, 0) is 94.4 Å². The first kappa shape index (κ1) is 40.8. The van der Waals surface area contributed by atoms with Gasteiger partial charge in [-0.1, -0.05) is 12.1 Å². The molecule has 0 radical (unpaired) electrons. The predicted octanol–water partition coefficient (Wildman–Crippen LogP) is 5.90. The average molecular weight is 858 g/mol. The first-order chi connectivity index (χ1) is 28.1. The highest BCUT2D eigenvalue weighted by atomic mass is 32.1. The van der Waals surface area contributed by atoms with Gasteiger partial charge in [0.15, 0.2) is 5.11 Å². The van der Waals surface area contributed by atoms with Crippen LogP contribution in [0.1, 0.15) is 44.7 Å². The van der Waals surface area contributed by atoms with E-state index < -0.39 is 71.0 Å². The molecule has 0 saturated carbocycles. The number of imide groups is 2. The minimum atomic E-state index is -4.58. The van der Waals surface area contributed by atoms with Crippen molar-refractivity contribution in [2.45, 2.75) is 87.8 Å².